The number of benzene rings is 1. The molecule has 106 valence electrons. The van der Waals surface area contributed by atoms with E-state index in [0.29, 0.717) is 12.8 Å². The Kier molecular flexibility index (Phi) is 4.50. The second kappa shape index (κ2) is 5.79. The van der Waals surface area contributed by atoms with Gasteiger partial charge in [-0.1, -0.05) is 15.9 Å². The van der Waals surface area contributed by atoms with Gasteiger partial charge in [-0.15, -0.1) is 0 Å². The maximum Gasteiger partial charge on any atom is 0.165 e. The highest BCUT2D eigenvalue weighted by atomic mass is 79.9. The molecule has 0 saturated heterocycles. The molecule has 1 saturated carbocycles. The van der Waals surface area contributed by atoms with Crippen LogP contribution in [0.3, 0.4) is 0 Å². The average Bonchev–Trinajstić information content (AvgIpc) is 2.33. The zero-order valence-electron chi connectivity index (χ0n) is 10.6. The molecule has 1 aliphatic rings. The molecule has 0 spiro atoms. The van der Waals surface area contributed by atoms with Crippen LogP contribution >= 0.6 is 15.9 Å². The molecular formula is C13H16BrFO3S. The molecule has 0 amide bonds. The van der Waals surface area contributed by atoms with Crippen LogP contribution in [0.4, 0.5) is 4.39 Å². The highest BCUT2D eigenvalue weighted by Crippen LogP contribution is 2.30. The topological polar surface area (TPSA) is 43.4 Å². The van der Waals surface area contributed by atoms with Crippen LogP contribution in [-0.4, -0.2) is 26.0 Å². The molecule has 1 aliphatic carbocycles. The number of rotatable bonds is 3. The van der Waals surface area contributed by atoms with Crippen molar-refractivity contribution < 1.29 is 17.5 Å². The standard InChI is InChI=1S/C13H16BrFO3S/c1-19(16,17)11-4-2-3-10(8-11)18-13-7-9(14)5-6-12(13)15/h5-7,10-11H,2-4,8H2,1H3. The summed E-state index contributed by atoms with van der Waals surface area (Å²) in [5, 5.41) is -0.374. The van der Waals surface area contributed by atoms with Gasteiger partial charge in [0.15, 0.2) is 11.6 Å². The van der Waals surface area contributed by atoms with Gasteiger partial charge in [0.1, 0.15) is 15.9 Å². The third-order valence-corrected chi connectivity index (χ3v) is 5.50. The van der Waals surface area contributed by atoms with E-state index >= 15 is 0 Å². The molecule has 6 heteroatoms. The molecule has 0 radical (unpaired) electrons. The molecule has 0 heterocycles. The third kappa shape index (κ3) is 3.92. The van der Waals surface area contributed by atoms with E-state index in [-0.39, 0.29) is 17.1 Å². The highest BCUT2D eigenvalue weighted by Gasteiger charge is 2.30. The van der Waals surface area contributed by atoms with E-state index < -0.39 is 15.7 Å². The van der Waals surface area contributed by atoms with Crippen molar-refractivity contribution in [1.29, 1.82) is 0 Å². The summed E-state index contributed by atoms with van der Waals surface area (Å²) in [5.74, 6) is -0.252. The van der Waals surface area contributed by atoms with Crippen LogP contribution in [0.5, 0.6) is 5.75 Å². The van der Waals surface area contributed by atoms with Gasteiger partial charge in [0.25, 0.3) is 0 Å². The van der Waals surface area contributed by atoms with Crippen molar-refractivity contribution >= 4 is 25.8 Å². The Bertz CT molecular complexity index is 559. The molecule has 0 bridgehead atoms. The van der Waals surface area contributed by atoms with Crippen molar-refractivity contribution in [2.75, 3.05) is 6.26 Å². The first-order valence-electron chi connectivity index (χ1n) is 6.17. The minimum Gasteiger partial charge on any atom is -0.487 e. The first kappa shape index (κ1) is 14.8. The number of ether oxygens (including phenoxy) is 1. The molecule has 0 N–H and O–H groups in total. The molecule has 2 rings (SSSR count). The lowest BCUT2D eigenvalue weighted by Gasteiger charge is -2.28. The summed E-state index contributed by atoms with van der Waals surface area (Å²) in [7, 11) is -3.05. The van der Waals surface area contributed by atoms with E-state index in [1.165, 1.54) is 12.3 Å². The normalized spacial score (nSPS) is 24.2. The van der Waals surface area contributed by atoms with Gasteiger partial charge in [-0.3, -0.25) is 0 Å². The van der Waals surface area contributed by atoms with Crippen LogP contribution in [0.15, 0.2) is 22.7 Å². The van der Waals surface area contributed by atoms with Gasteiger partial charge in [0, 0.05) is 17.1 Å². The Morgan fingerprint density at radius 1 is 1.37 bits per heavy atom. The van der Waals surface area contributed by atoms with Crippen LogP contribution in [0.1, 0.15) is 25.7 Å². The third-order valence-electron chi connectivity index (χ3n) is 3.37. The quantitative estimate of drug-likeness (QED) is 0.839. The molecule has 0 aliphatic heterocycles. The van der Waals surface area contributed by atoms with Crippen LogP contribution in [0, 0.1) is 5.82 Å². The van der Waals surface area contributed by atoms with Crippen molar-refractivity contribution in [3.05, 3.63) is 28.5 Å². The van der Waals surface area contributed by atoms with Crippen LogP contribution < -0.4 is 4.74 Å². The summed E-state index contributed by atoms with van der Waals surface area (Å²) in [6, 6.07) is 4.50. The number of hydrogen-bond acceptors (Lipinski definition) is 3. The van der Waals surface area contributed by atoms with Gasteiger partial charge >= 0.3 is 0 Å². The second-order valence-electron chi connectivity index (χ2n) is 4.93. The maximum absolute atomic E-state index is 13.6. The van der Waals surface area contributed by atoms with E-state index in [2.05, 4.69) is 15.9 Å². The molecule has 0 aromatic heterocycles. The molecule has 2 atom stereocenters. The predicted octanol–water partition coefficient (Wildman–Crippen LogP) is 3.32. The van der Waals surface area contributed by atoms with E-state index in [9.17, 15) is 12.8 Å². The van der Waals surface area contributed by atoms with E-state index in [1.807, 2.05) is 0 Å². The van der Waals surface area contributed by atoms with Gasteiger partial charge in [-0.05, 0) is 37.5 Å². The van der Waals surface area contributed by atoms with Crippen molar-refractivity contribution in [2.24, 2.45) is 0 Å². The summed E-state index contributed by atoms with van der Waals surface area (Å²) in [6.07, 6.45) is 3.66. The molecule has 1 fully saturated rings. The predicted molar refractivity (Wildman–Crippen MR) is 75.6 cm³/mol. The van der Waals surface area contributed by atoms with Gasteiger partial charge in [-0.25, -0.2) is 12.8 Å². The lowest BCUT2D eigenvalue weighted by atomic mass is 9.97. The summed E-state index contributed by atoms with van der Waals surface area (Å²) in [6.45, 7) is 0. The fourth-order valence-corrected chi connectivity index (χ4v) is 3.84. The first-order chi connectivity index (χ1) is 8.86. The fourth-order valence-electron chi connectivity index (χ4n) is 2.35. The summed E-state index contributed by atoms with van der Waals surface area (Å²) in [5.41, 5.74) is 0. The Morgan fingerprint density at radius 2 is 2.11 bits per heavy atom. The monoisotopic (exact) mass is 350 g/mol. The Balaban J connectivity index is 2.09. The van der Waals surface area contributed by atoms with Gasteiger partial charge in [-0.2, -0.15) is 0 Å². The van der Waals surface area contributed by atoms with Crippen molar-refractivity contribution in [3.8, 4) is 5.75 Å². The number of hydrogen-bond donors (Lipinski definition) is 0. The zero-order chi connectivity index (χ0) is 14.0. The molecule has 2 unspecified atom stereocenters. The zero-order valence-corrected chi connectivity index (χ0v) is 13.0. The van der Waals surface area contributed by atoms with E-state index in [4.69, 9.17) is 4.74 Å². The lowest BCUT2D eigenvalue weighted by Crippen LogP contribution is -2.33. The molecule has 3 nitrogen and oxygen atoms in total. The number of halogens is 2. The van der Waals surface area contributed by atoms with Gasteiger partial charge < -0.3 is 4.74 Å². The van der Waals surface area contributed by atoms with Crippen LogP contribution in [-0.2, 0) is 9.84 Å². The lowest BCUT2D eigenvalue weighted by molar-refractivity contribution is 0.150. The average molecular weight is 351 g/mol. The molecule has 1 aromatic rings. The Labute approximate surface area is 121 Å². The minimum atomic E-state index is -3.05. The number of sulfone groups is 1. The minimum absolute atomic E-state index is 0.175. The first-order valence-corrected chi connectivity index (χ1v) is 8.91. The Hall–Kier alpha value is -0.620. The van der Waals surface area contributed by atoms with Gasteiger partial charge in [0.2, 0.25) is 0 Å². The Morgan fingerprint density at radius 3 is 2.79 bits per heavy atom. The van der Waals surface area contributed by atoms with Gasteiger partial charge in [0.05, 0.1) is 5.25 Å². The summed E-state index contributed by atoms with van der Waals surface area (Å²) < 4.78 is 43.1. The van der Waals surface area contributed by atoms with Crippen molar-refractivity contribution in [1.82, 2.24) is 0 Å². The van der Waals surface area contributed by atoms with Crippen molar-refractivity contribution in [2.45, 2.75) is 37.0 Å². The smallest absolute Gasteiger partial charge is 0.165 e. The second-order valence-corrected chi connectivity index (χ2v) is 8.17. The molecule has 19 heavy (non-hydrogen) atoms. The largest absolute Gasteiger partial charge is 0.487 e. The summed E-state index contributed by atoms with van der Waals surface area (Å²) in [4.78, 5) is 0. The highest BCUT2D eigenvalue weighted by molar-refractivity contribution is 9.10. The van der Waals surface area contributed by atoms with Crippen LogP contribution in [0.2, 0.25) is 0 Å². The summed E-state index contributed by atoms with van der Waals surface area (Å²) >= 11 is 3.26. The fraction of sp³-hybridized carbons (Fsp3) is 0.538. The SMILES string of the molecule is CS(=O)(=O)C1CCCC(Oc2cc(Br)ccc2F)C1. The molecule has 1 aromatic carbocycles. The maximum atomic E-state index is 13.6. The molecular weight excluding hydrogens is 335 g/mol. The van der Waals surface area contributed by atoms with Crippen molar-refractivity contribution in [3.63, 3.8) is 0 Å². The van der Waals surface area contributed by atoms with Crippen LogP contribution in [0.25, 0.3) is 0 Å². The van der Waals surface area contributed by atoms with E-state index in [0.717, 1.165) is 17.3 Å². The van der Waals surface area contributed by atoms with E-state index in [1.54, 1.807) is 12.1 Å².